The van der Waals surface area contributed by atoms with E-state index in [1.165, 1.54) is 6.42 Å². The average Bonchev–Trinajstić information content (AvgIpc) is 2.62. The molecule has 0 radical (unpaired) electrons. The summed E-state index contributed by atoms with van der Waals surface area (Å²) < 4.78 is 7.91. The predicted octanol–water partition coefficient (Wildman–Crippen LogP) is 2.92. The van der Waals surface area contributed by atoms with Crippen LogP contribution in [0.2, 0.25) is 0 Å². The highest BCUT2D eigenvalue weighted by atomic mass is 16.5. The van der Waals surface area contributed by atoms with Gasteiger partial charge in [0.05, 0.1) is 17.0 Å². The van der Waals surface area contributed by atoms with Crippen molar-refractivity contribution in [2.75, 3.05) is 0 Å². The SMILES string of the molecule is Cn1cc(C=O)c2c(OC3CCC3)cccc21. The van der Waals surface area contributed by atoms with Crippen LogP contribution in [0.4, 0.5) is 0 Å². The molecule has 1 aromatic carbocycles. The monoisotopic (exact) mass is 229 g/mol. The van der Waals surface area contributed by atoms with Gasteiger partial charge in [-0.2, -0.15) is 0 Å². The normalized spacial score (nSPS) is 15.8. The lowest BCUT2D eigenvalue weighted by molar-refractivity contribution is 0.112. The molecule has 17 heavy (non-hydrogen) atoms. The van der Waals surface area contributed by atoms with E-state index in [-0.39, 0.29) is 0 Å². The molecule has 0 saturated heterocycles. The highest BCUT2D eigenvalue weighted by Gasteiger charge is 2.21. The van der Waals surface area contributed by atoms with Crippen LogP contribution in [0.15, 0.2) is 24.4 Å². The lowest BCUT2D eigenvalue weighted by Gasteiger charge is -2.26. The van der Waals surface area contributed by atoms with E-state index in [0.29, 0.717) is 11.7 Å². The minimum absolute atomic E-state index is 0.334. The summed E-state index contributed by atoms with van der Waals surface area (Å²) in [5.41, 5.74) is 1.75. The van der Waals surface area contributed by atoms with Gasteiger partial charge in [-0.05, 0) is 31.4 Å². The summed E-state index contributed by atoms with van der Waals surface area (Å²) in [4.78, 5) is 11.1. The molecule has 0 N–H and O–H groups in total. The Kier molecular flexibility index (Phi) is 2.39. The number of aryl methyl sites for hydroxylation is 1. The van der Waals surface area contributed by atoms with Gasteiger partial charge in [-0.3, -0.25) is 4.79 Å². The average molecular weight is 229 g/mol. The third-order valence-corrected chi connectivity index (χ3v) is 3.48. The number of hydrogen-bond donors (Lipinski definition) is 0. The summed E-state index contributed by atoms with van der Waals surface area (Å²) in [5, 5.41) is 0.942. The molecule has 0 bridgehead atoms. The van der Waals surface area contributed by atoms with Gasteiger partial charge in [-0.15, -0.1) is 0 Å². The van der Waals surface area contributed by atoms with Gasteiger partial charge >= 0.3 is 0 Å². The van der Waals surface area contributed by atoms with E-state index in [4.69, 9.17) is 4.74 Å². The minimum Gasteiger partial charge on any atom is -0.490 e. The Balaban J connectivity index is 2.12. The lowest BCUT2D eigenvalue weighted by Crippen LogP contribution is -2.24. The van der Waals surface area contributed by atoms with E-state index in [1.807, 2.05) is 36.0 Å². The molecule has 1 aromatic heterocycles. The summed E-state index contributed by atoms with van der Waals surface area (Å²) in [6, 6.07) is 5.94. The van der Waals surface area contributed by atoms with Crippen molar-refractivity contribution in [2.45, 2.75) is 25.4 Å². The van der Waals surface area contributed by atoms with Crippen LogP contribution in [0.1, 0.15) is 29.6 Å². The standard InChI is InChI=1S/C14H15NO2/c1-15-8-10(9-16)14-12(15)6-3-7-13(14)17-11-4-2-5-11/h3,6-9,11H,2,4-5H2,1H3. The zero-order chi connectivity index (χ0) is 11.8. The first-order valence-electron chi connectivity index (χ1n) is 5.99. The van der Waals surface area contributed by atoms with Crippen LogP contribution >= 0.6 is 0 Å². The van der Waals surface area contributed by atoms with Crippen LogP contribution in [0.3, 0.4) is 0 Å². The van der Waals surface area contributed by atoms with Crippen molar-refractivity contribution in [3.63, 3.8) is 0 Å². The molecule has 1 aliphatic rings. The molecular formula is C14H15NO2. The second kappa shape index (κ2) is 3.91. The molecule has 2 aromatic rings. The molecule has 3 heteroatoms. The summed E-state index contributed by atoms with van der Waals surface area (Å²) >= 11 is 0. The predicted molar refractivity (Wildman–Crippen MR) is 66.6 cm³/mol. The van der Waals surface area contributed by atoms with Gasteiger partial charge < -0.3 is 9.30 Å². The largest absolute Gasteiger partial charge is 0.490 e. The molecular weight excluding hydrogens is 214 g/mol. The highest BCUT2D eigenvalue weighted by molar-refractivity contribution is 6.01. The number of nitrogens with zero attached hydrogens (tertiary/aromatic N) is 1. The van der Waals surface area contributed by atoms with Crippen molar-refractivity contribution in [2.24, 2.45) is 7.05 Å². The molecule has 0 atom stereocenters. The third kappa shape index (κ3) is 1.62. The zero-order valence-electron chi connectivity index (χ0n) is 9.85. The smallest absolute Gasteiger partial charge is 0.152 e. The van der Waals surface area contributed by atoms with Crippen molar-refractivity contribution < 1.29 is 9.53 Å². The quantitative estimate of drug-likeness (QED) is 0.758. The van der Waals surface area contributed by atoms with E-state index in [0.717, 1.165) is 35.8 Å². The number of carbonyl (C=O) groups is 1. The van der Waals surface area contributed by atoms with E-state index >= 15 is 0 Å². The van der Waals surface area contributed by atoms with Gasteiger partial charge in [-0.1, -0.05) is 6.07 Å². The Labute approximate surface area is 100.0 Å². The maximum Gasteiger partial charge on any atom is 0.152 e. The minimum atomic E-state index is 0.334. The number of ether oxygens (including phenoxy) is 1. The Bertz CT molecular complexity index is 567. The number of fused-ring (bicyclic) bond motifs is 1. The van der Waals surface area contributed by atoms with Crippen molar-refractivity contribution in [3.8, 4) is 5.75 Å². The maximum atomic E-state index is 11.1. The van der Waals surface area contributed by atoms with Crippen LogP contribution < -0.4 is 4.74 Å². The van der Waals surface area contributed by atoms with Gasteiger partial charge in [0.2, 0.25) is 0 Å². The Morgan fingerprint density at radius 3 is 2.88 bits per heavy atom. The first kappa shape index (κ1) is 10.4. The molecule has 0 unspecified atom stereocenters. The van der Waals surface area contributed by atoms with Gasteiger partial charge in [0, 0.05) is 18.8 Å². The fourth-order valence-corrected chi connectivity index (χ4v) is 2.30. The number of benzene rings is 1. The summed E-state index contributed by atoms with van der Waals surface area (Å²) in [7, 11) is 1.95. The molecule has 1 saturated carbocycles. The number of aromatic nitrogens is 1. The highest BCUT2D eigenvalue weighted by Crippen LogP contribution is 2.33. The Morgan fingerprint density at radius 1 is 1.41 bits per heavy atom. The maximum absolute atomic E-state index is 11.1. The molecule has 0 amide bonds. The Morgan fingerprint density at radius 2 is 2.24 bits per heavy atom. The number of rotatable bonds is 3. The fourth-order valence-electron chi connectivity index (χ4n) is 2.30. The van der Waals surface area contributed by atoms with Gasteiger partial charge in [0.25, 0.3) is 0 Å². The second-order valence-corrected chi connectivity index (χ2v) is 4.63. The summed E-state index contributed by atoms with van der Waals surface area (Å²) in [5.74, 6) is 0.843. The van der Waals surface area contributed by atoms with Gasteiger partial charge in [-0.25, -0.2) is 0 Å². The van der Waals surface area contributed by atoms with Crippen LogP contribution in [-0.2, 0) is 7.05 Å². The van der Waals surface area contributed by atoms with E-state index < -0.39 is 0 Å². The van der Waals surface area contributed by atoms with Crippen LogP contribution in [0.5, 0.6) is 5.75 Å². The van der Waals surface area contributed by atoms with E-state index in [9.17, 15) is 4.79 Å². The first-order chi connectivity index (χ1) is 8.29. The van der Waals surface area contributed by atoms with Crippen molar-refractivity contribution in [1.29, 1.82) is 0 Å². The fraction of sp³-hybridized carbons (Fsp3) is 0.357. The molecule has 1 aliphatic carbocycles. The summed E-state index contributed by atoms with van der Waals surface area (Å²) in [6.45, 7) is 0. The van der Waals surface area contributed by atoms with Crippen molar-refractivity contribution in [1.82, 2.24) is 4.57 Å². The molecule has 88 valence electrons. The van der Waals surface area contributed by atoms with Crippen LogP contribution in [0, 0.1) is 0 Å². The molecule has 1 fully saturated rings. The molecule has 3 rings (SSSR count). The second-order valence-electron chi connectivity index (χ2n) is 4.63. The van der Waals surface area contributed by atoms with Gasteiger partial charge in [0.1, 0.15) is 5.75 Å². The number of hydrogen-bond acceptors (Lipinski definition) is 2. The molecule has 3 nitrogen and oxygen atoms in total. The molecule has 0 aliphatic heterocycles. The Hall–Kier alpha value is -1.77. The van der Waals surface area contributed by atoms with Crippen molar-refractivity contribution in [3.05, 3.63) is 30.0 Å². The topological polar surface area (TPSA) is 31.2 Å². The zero-order valence-corrected chi connectivity index (χ0v) is 9.85. The third-order valence-electron chi connectivity index (χ3n) is 3.48. The molecule has 0 spiro atoms. The number of carbonyl (C=O) groups excluding carboxylic acids is 1. The van der Waals surface area contributed by atoms with E-state index in [1.54, 1.807) is 0 Å². The molecule has 1 heterocycles. The van der Waals surface area contributed by atoms with Crippen LogP contribution in [0.25, 0.3) is 10.9 Å². The number of aldehydes is 1. The van der Waals surface area contributed by atoms with Crippen LogP contribution in [-0.4, -0.2) is 17.0 Å². The summed E-state index contributed by atoms with van der Waals surface area (Å²) in [6.07, 6.45) is 6.58. The van der Waals surface area contributed by atoms with Crippen molar-refractivity contribution >= 4 is 17.2 Å². The first-order valence-corrected chi connectivity index (χ1v) is 5.99. The van der Waals surface area contributed by atoms with Gasteiger partial charge in [0.15, 0.2) is 6.29 Å². The lowest BCUT2D eigenvalue weighted by atomic mass is 9.96. The van der Waals surface area contributed by atoms with E-state index in [2.05, 4.69) is 0 Å².